The molecular formula is C14H17NOS. The van der Waals surface area contributed by atoms with E-state index in [1.54, 1.807) is 11.3 Å². The Balaban J connectivity index is 1.94. The second kappa shape index (κ2) is 4.77. The number of rotatable bonds is 2. The molecule has 90 valence electrons. The molecule has 2 heterocycles. The summed E-state index contributed by atoms with van der Waals surface area (Å²) in [6.07, 6.45) is 1.84. The third-order valence-corrected chi connectivity index (χ3v) is 4.64. The van der Waals surface area contributed by atoms with E-state index < -0.39 is 0 Å². The molecule has 0 amide bonds. The number of benzene rings is 1. The summed E-state index contributed by atoms with van der Waals surface area (Å²) in [5, 5.41) is 17.2. The van der Waals surface area contributed by atoms with Crippen LogP contribution in [-0.4, -0.2) is 18.2 Å². The van der Waals surface area contributed by atoms with Crippen molar-refractivity contribution in [2.75, 3.05) is 13.1 Å². The highest BCUT2D eigenvalue weighted by atomic mass is 32.1. The molecule has 1 saturated heterocycles. The van der Waals surface area contributed by atoms with Gasteiger partial charge in [0.2, 0.25) is 0 Å². The van der Waals surface area contributed by atoms with Gasteiger partial charge in [0.1, 0.15) is 0 Å². The van der Waals surface area contributed by atoms with Crippen molar-refractivity contribution < 1.29 is 5.11 Å². The van der Waals surface area contributed by atoms with Gasteiger partial charge in [0.15, 0.2) is 0 Å². The fourth-order valence-electron chi connectivity index (χ4n) is 2.66. The van der Waals surface area contributed by atoms with Crippen LogP contribution in [0, 0.1) is 5.92 Å². The second-order valence-corrected chi connectivity index (χ2v) is 5.63. The fraction of sp³-hybridized carbons (Fsp3) is 0.429. The van der Waals surface area contributed by atoms with E-state index in [9.17, 15) is 5.11 Å². The first-order valence-corrected chi connectivity index (χ1v) is 7.09. The summed E-state index contributed by atoms with van der Waals surface area (Å²) in [7, 11) is 0. The average molecular weight is 247 g/mol. The molecule has 1 aromatic carbocycles. The van der Waals surface area contributed by atoms with Crippen LogP contribution in [0.1, 0.15) is 24.5 Å². The van der Waals surface area contributed by atoms with Gasteiger partial charge in [-0.25, -0.2) is 0 Å². The molecule has 0 saturated carbocycles. The minimum absolute atomic E-state index is 0.306. The van der Waals surface area contributed by atoms with Gasteiger partial charge in [-0.3, -0.25) is 0 Å². The smallest absolute Gasteiger partial charge is 0.0832 e. The van der Waals surface area contributed by atoms with Crippen molar-refractivity contribution in [1.29, 1.82) is 0 Å². The van der Waals surface area contributed by atoms with Gasteiger partial charge in [-0.15, -0.1) is 11.3 Å². The Morgan fingerprint density at radius 1 is 1.24 bits per heavy atom. The predicted molar refractivity (Wildman–Crippen MR) is 72.4 cm³/mol. The third kappa shape index (κ3) is 2.10. The van der Waals surface area contributed by atoms with Crippen molar-refractivity contribution in [2.24, 2.45) is 5.92 Å². The highest BCUT2D eigenvalue weighted by molar-refractivity contribution is 7.17. The van der Waals surface area contributed by atoms with Gasteiger partial charge < -0.3 is 10.4 Å². The van der Waals surface area contributed by atoms with Crippen LogP contribution >= 0.6 is 11.3 Å². The lowest BCUT2D eigenvalue weighted by molar-refractivity contribution is 0.0903. The van der Waals surface area contributed by atoms with Gasteiger partial charge in [-0.2, -0.15) is 0 Å². The number of aliphatic hydroxyl groups excluding tert-OH is 1. The minimum atomic E-state index is -0.306. The molecule has 1 atom stereocenters. The van der Waals surface area contributed by atoms with Crippen LogP contribution in [-0.2, 0) is 0 Å². The van der Waals surface area contributed by atoms with Crippen molar-refractivity contribution in [1.82, 2.24) is 5.32 Å². The van der Waals surface area contributed by atoms with Gasteiger partial charge in [0, 0.05) is 4.70 Å². The minimum Gasteiger partial charge on any atom is -0.388 e. The van der Waals surface area contributed by atoms with E-state index in [1.165, 1.54) is 10.1 Å². The van der Waals surface area contributed by atoms with Gasteiger partial charge in [-0.1, -0.05) is 18.2 Å². The fourth-order valence-corrected chi connectivity index (χ4v) is 3.61. The Morgan fingerprint density at radius 2 is 2.06 bits per heavy atom. The van der Waals surface area contributed by atoms with E-state index in [1.807, 2.05) is 0 Å². The molecule has 0 spiro atoms. The highest BCUT2D eigenvalue weighted by Crippen LogP contribution is 2.35. The molecule has 0 bridgehead atoms. The Hall–Kier alpha value is -0.900. The van der Waals surface area contributed by atoms with E-state index in [0.717, 1.165) is 31.5 Å². The number of hydrogen-bond acceptors (Lipinski definition) is 3. The molecule has 1 aliphatic heterocycles. The SMILES string of the molecule is OC(c1cccc2ccsc12)C1CCNCC1. The summed E-state index contributed by atoms with van der Waals surface area (Å²) in [4.78, 5) is 0. The Kier molecular flexibility index (Phi) is 3.14. The second-order valence-electron chi connectivity index (χ2n) is 4.72. The zero-order valence-corrected chi connectivity index (χ0v) is 10.5. The van der Waals surface area contributed by atoms with Crippen LogP contribution in [0.25, 0.3) is 10.1 Å². The predicted octanol–water partition coefficient (Wildman–Crippen LogP) is 2.93. The van der Waals surface area contributed by atoms with Crippen LogP contribution in [0.3, 0.4) is 0 Å². The molecule has 1 aromatic heterocycles. The standard InChI is InChI=1S/C14H17NOS/c16-13(10-4-7-15-8-5-10)12-3-1-2-11-6-9-17-14(11)12/h1-3,6,9-10,13,15-16H,4-5,7-8H2. The molecule has 1 aliphatic rings. The van der Waals surface area contributed by atoms with Crippen LogP contribution in [0.4, 0.5) is 0 Å². The number of fused-ring (bicyclic) bond motifs is 1. The molecule has 0 aliphatic carbocycles. The number of thiophene rings is 1. The quantitative estimate of drug-likeness (QED) is 0.855. The van der Waals surface area contributed by atoms with E-state index in [0.29, 0.717) is 5.92 Å². The Labute approximate surface area is 105 Å². The lowest BCUT2D eigenvalue weighted by Crippen LogP contribution is -2.30. The van der Waals surface area contributed by atoms with Gasteiger partial charge in [0.05, 0.1) is 6.10 Å². The maximum atomic E-state index is 10.5. The monoisotopic (exact) mass is 247 g/mol. The maximum absolute atomic E-state index is 10.5. The first-order valence-electron chi connectivity index (χ1n) is 6.21. The number of nitrogens with one attached hydrogen (secondary N) is 1. The Morgan fingerprint density at radius 3 is 2.88 bits per heavy atom. The van der Waals surface area contributed by atoms with Gasteiger partial charge in [0.25, 0.3) is 0 Å². The van der Waals surface area contributed by atoms with E-state index in [-0.39, 0.29) is 6.10 Å². The van der Waals surface area contributed by atoms with Crippen molar-refractivity contribution in [3.63, 3.8) is 0 Å². The van der Waals surface area contributed by atoms with Gasteiger partial charge >= 0.3 is 0 Å². The first-order chi connectivity index (χ1) is 8.36. The zero-order valence-electron chi connectivity index (χ0n) is 9.73. The van der Waals surface area contributed by atoms with E-state index in [2.05, 4.69) is 35.0 Å². The van der Waals surface area contributed by atoms with Gasteiger partial charge in [-0.05, 0) is 54.2 Å². The van der Waals surface area contributed by atoms with Crippen LogP contribution in [0.2, 0.25) is 0 Å². The maximum Gasteiger partial charge on any atom is 0.0832 e. The normalized spacial score (nSPS) is 19.6. The lowest BCUT2D eigenvalue weighted by atomic mass is 9.88. The lowest BCUT2D eigenvalue weighted by Gasteiger charge is -2.27. The molecule has 2 N–H and O–H groups in total. The van der Waals surface area contributed by atoms with Crippen molar-refractivity contribution >= 4 is 21.4 Å². The number of piperidine rings is 1. The summed E-state index contributed by atoms with van der Waals surface area (Å²) in [6, 6.07) is 8.36. The summed E-state index contributed by atoms with van der Waals surface area (Å²) < 4.78 is 1.25. The summed E-state index contributed by atoms with van der Waals surface area (Å²) in [6.45, 7) is 2.06. The van der Waals surface area contributed by atoms with Crippen molar-refractivity contribution in [3.8, 4) is 0 Å². The molecule has 3 rings (SSSR count). The summed E-state index contributed by atoms with van der Waals surface area (Å²) in [5.74, 6) is 0.406. The molecule has 1 unspecified atom stereocenters. The van der Waals surface area contributed by atoms with E-state index >= 15 is 0 Å². The number of hydrogen-bond donors (Lipinski definition) is 2. The van der Waals surface area contributed by atoms with Crippen LogP contribution < -0.4 is 5.32 Å². The molecule has 17 heavy (non-hydrogen) atoms. The third-order valence-electron chi connectivity index (χ3n) is 3.66. The zero-order chi connectivity index (χ0) is 11.7. The molecular weight excluding hydrogens is 230 g/mol. The molecule has 3 heteroatoms. The van der Waals surface area contributed by atoms with E-state index in [4.69, 9.17) is 0 Å². The number of aliphatic hydroxyl groups is 1. The van der Waals surface area contributed by atoms with Crippen LogP contribution in [0.5, 0.6) is 0 Å². The topological polar surface area (TPSA) is 32.3 Å². The first kappa shape index (κ1) is 11.2. The molecule has 2 nitrogen and oxygen atoms in total. The van der Waals surface area contributed by atoms with Crippen molar-refractivity contribution in [3.05, 3.63) is 35.2 Å². The molecule has 2 aromatic rings. The molecule has 1 fully saturated rings. The largest absolute Gasteiger partial charge is 0.388 e. The summed E-state index contributed by atoms with van der Waals surface area (Å²) >= 11 is 1.73. The Bertz CT molecular complexity index is 502. The summed E-state index contributed by atoms with van der Waals surface area (Å²) in [5.41, 5.74) is 1.12. The highest BCUT2D eigenvalue weighted by Gasteiger charge is 2.24. The van der Waals surface area contributed by atoms with Crippen LogP contribution in [0.15, 0.2) is 29.6 Å². The van der Waals surface area contributed by atoms with Crippen molar-refractivity contribution in [2.45, 2.75) is 18.9 Å². The average Bonchev–Trinajstić information content (AvgIpc) is 2.87. The molecule has 0 radical (unpaired) electrons.